The van der Waals surface area contributed by atoms with Gasteiger partial charge in [-0.05, 0) is 50.2 Å². The predicted molar refractivity (Wildman–Crippen MR) is 207 cm³/mol. The van der Waals surface area contributed by atoms with Gasteiger partial charge in [-0.1, -0.05) is 152 Å². The van der Waals surface area contributed by atoms with Gasteiger partial charge >= 0.3 is 0 Å². The topological polar surface area (TPSA) is 38.7 Å². The fraction of sp³-hybridized carbons (Fsp3) is 0. The summed E-state index contributed by atoms with van der Waals surface area (Å²) >= 11 is 1.91. The summed E-state index contributed by atoms with van der Waals surface area (Å²) in [5.41, 5.74) is 5.21. The highest BCUT2D eigenvalue weighted by molar-refractivity contribution is 7.27. The third-order valence-electron chi connectivity index (χ3n) is 9.47. The Balaban J connectivity index is 1.25. The molecule has 0 fully saturated rings. The molecule has 0 saturated carbocycles. The Morgan fingerprint density at radius 2 is 0.857 bits per heavy atom. The Hall–Kier alpha value is -6.23. The van der Waals surface area contributed by atoms with Crippen molar-refractivity contribution in [2.24, 2.45) is 0 Å². The zero-order valence-corrected chi connectivity index (χ0v) is 27.2. The van der Waals surface area contributed by atoms with Crippen LogP contribution in [0.1, 0.15) is 0 Å². The quantitative estimate of drug-likeness (QED) is 0.180. The fourth-order valence-corrected chi connectivity index (χ4v) is 8.58. The summed E-state index contributed by atoms with van der Waals surface area (Å²) in [6, 6.07) is 57.9. The van der Waals surface area contributed by atoms with Crippen LogP contribution >= 0.6 is 11.3 Å². The van der Waals surface area contributed by atoms with Gasteiger partial charge in [-0.2, -0.15) is 0 Å². The molecule has 0 aliphatic rings. The van der Waals surface area contributed by atoms with E-state index >= 15 is 0 Å². The first-order valence-corrected chi connectivity index (χ1v) is 17.3. The minimum absolute atomic E-state index is 0.652. The van der Waals surface area contributed by atoms with Crippen molar-refractivity contribution in [3.05, 3.63) is 164 Å². The molecule has 0 saturated heterocycles. The van der Waals surface area contributed by atoms with E-state index in [2.05, 4.69) is 103 Å². The van der Waals surface area contributed by atoms with Crippen molar-refractivity contribution in [2.75, 3.05) is 0 Å². The Kier molecular flexibility index (Phi) is 6.36. The second-order valence-corrected chi connectivity index (χ2v) is 13.4. The zero-order valence-electron chi connectivity index (χ0n) is 26.3. The van der Waals surface area contributed by atoms with Crippen molar-refractivity contribution in [1.82, 2.24) is 15.0 Å². The predicted octanol–water partition coefficient (Wildman–Crippen LogP) is 12.4. The molecule has 228 valence electrons. The van der Waals surface area contributed by atoms with Gasteiger partial charge in [0.25, 0.3) is 0 Å². The molecule has 2 heterocycles. The minimum atomic E-state index is 0.652. The molecule has 3 nitrogen and oxygen atoms in total. The number of thiophene rings is 1. The van der Waals surface area contributed by atoms with Crippen LogP contribution in [-0.2, 0) is 0 Å². The van der Waals surface area contributed by atoms with Crippen LogP contribution in [0.15, 0.2) is 164 Å². The van der Waals surface area contributed by atoms with E-state index in [0.29, 0.717) is 17.5 Å². The maximum atomic E-state index is 5.03. The summed E-state index contributed by atoms with van der Waals surface area (Å²) in [5.74, 6) is 1.97. The highest BCUT2D eigenvalue weighted by atomic mass is 32.1. The van der Waals surface area contributed by atoms with Crippen LogP contribution < -0.4 is 0 Å². The Morgan fingerprint density at radius 3 is 1.57 bits per heavy atom. The number of fused-ring (bicyclic) bond motifs is 9. The molecule has 0 N–H and O–H groups in total. The molecular formula is C45H27N3S. The van der Waals surface area contributed by atoms with Gasteiger partial charge in [-0.3, -0.25) is 0 Å². The smallest absolute Gasteiger partial charge is 0.164 e. The largest absolute Gasteiger partial charge is 0.208 e. The standard InChI is InChI=1S/C45H27N3S/c1-3-14-30(15-4-1)43-46-44(31-16-5-2-6-17-31)48-45(47-43)34-19-11-18-32(26-34)38-27-33-23-22-28-12-7-9-20-35(28)39(33)42-40(38)37-25-24-29-13-8-10-21-36(29)41(37)49-42/h1-27H. The number of rotatable bonds is 4. The fourth-order valence-electron chi connectivity index (χ4n) is 7.15. The SMILES string of the molecule is c1ccc(-c2nc(-c3ccccc3)nc(-c3cccc(-c4cc5ccc6ccccc6c5c5sc6c7ccccc7ccc6c45)c3)n2)cc1. The molecule has 2 aromatic heterocycles. The van der Waals surface area contributed by atoms with Crippen molar-refractivity contribution in [1.29, 1.82) is 0 Å². The van der Waals surface area contributed by atoms with Gasteiger partial charge in [-0.25, -0.2) is 15.0 Å². The van der Waals surface area contributed by atoms with Crippen LogP contribution in [0.3, 0.4) is 0 Å². The molecule has 0 aliphatic carbocycles. The maximum absolute atomic E-state index is 5.03. The van der Waals surface area contributed by atoms with Crippen molar-refractivity contribution in [3.8, 4) is 45.3 Å². The monoisotopic (exact) mass is 641 g/mol. The Bertz CT molecular complexity index is 2820. The molecule has 10 rings (SSSR count). The minimum Gasteiger partial charge on any atom is -0.208 e. The number of benzene rings is 8. The van der Waals surface area contributed by atoms with E-state index < -0.39 is 0 Å². The van der Waals surface area contributed by atoms with Crippen LogP contribution in [-0.4, -0.2) is 15.0 Å². The van der Waals surface area contributed by atoms with Gasteiger partial charge in [-0.15, -0.1) is 11.3 Å². The van der Waals surface area contributed by atoms with Crippen LogP contribution in [0.5, 0.6) is 0 Å². The van der Waals surface area contributed by atoms with E-state index in [0.717, 1.165) is 22.3 Å². The molecular weight excluding hydrogens is 615 g/mol. The first kappa shape index (κ1) is 27.8. The van der Waals surface area contributed by atoms with Crippen LogP contribution in [0, 0.1) is 0 Å². The Labute approximate surface area is 286 Å². The van der Waals surface area contributed by atoms with Gasteiger partial charge in [0.1, 0.15) is 0 Å². The van der Waals surface area contributed by atoms with E-state index in [4.69, 9.17) is 15.0 Å². The summed E-state index contributed by atoms with van der Waals surface area (Å²) < 4.78 is 2.64. The average Bonchev–Trinajstić information content (AvgIpc) is 3.58. The molecule has 49 heavy (non-hydrogen) atoms. The van der Waals surface area contributed by atoms with E-state index in [9.17, 15) is 0 Å². The second-order valence-electron chi connectivity index (χ2n) is 12.4. The van der Waals surface area contributed by atoms with Crippen LogP contribution in [0.2, 0.25) is 0 Å². The third-order valence-corrected chi connectivity index (χ3v) is 10.7. The number of aromatic nitrogens is 3. The normalized spacial score (nSPS) is 11.7. The Morgan fingerprint density at radius 1 is 0.327 bits per heavy atom. The third kappa shape index (κ3) is 4.61. The molecule has 0 aliphatic heterocycles. The highest BCUT2D eigenvalue weighted by Crippen LogP contribution is 2.48. The first-order chi connectivity index (χ1) is 24.3. The molecule has 4 heteroatoms. The summed E-state index contributed by atoms with van der Waals surface area (Å²) in [4.78, 5) is 15.0. The lowest BCUT2D eigenvalue weighted by molar-refractivity contribution is 1.07. The van der Waals surface area contributed by atoms with E-state index in [1.165, 1.54) is 58.1 Å². The van der Waals surface area contributed by atoms with Gasteiger partial charge in [0, 0.05) is 42.2 Å². The molecule has 10 aromatic rings. The van der Waals surface area contributed by atoms with Gasteiger partial charge in [0.05, 0.1) is 0 Å². The molecule has 0 unspecified atom stereocenters. The van der Waals surface area contributed by atoms with E-state index in [1.807, 2.05) is 72.0 Å². The molecule has 0 spiro atoms. The first-order valence-electron chi connectivity index (χ1n) is 16.4. The molecule has 0 bridgehead atoms. The van der Waals surface area contributed by atoms with E-state index in [1.54, 1.807) is 0 Å². The molecule has 8 aromatic carbocycles. The lowest BCUT2D eigenvalue weighted by Gasteiger charge is -2.13. The molecule has 0 amide bonds. The summed E-state index contributed by atoms with van der Waals surface area (Å²) in [7, 11) is 0. The summed E-state index contributed by atoms with van der Waals surface area (Å²) in [6.45, 7) is 0. The van der Waals surface area contributed by atoms with Crippen molar-refractivity contribution in [2.45, 2.75) is 0 Å². The summed E-state index contributed by atoms with van der Waals surface area (Å²) in [5, 5.41) is 10.2. The number of nitrogens with zero attached hydrogens (tertiary/aromatic N) is 3. The molecule has 0 radical (unpaired) electrons. The van der Waals surface area contributed by atoms with Gasteiger partial charge in [0.15, 0.2) is 17.5 Å². The lowest BCUT2D eigenvalue weighted by atomic mass is 9.92. The highest BCUT2D eigenvalue weighted by Gasteiger charge is 2.19. The van der Waals surface area contributed by atoms with Crippen molar-refractivity contribution < 1.29 is 0 Å². The summed E-state index contributed by atoms with van der Waals surface area (Å²) in [6.07, 6.45) is 0. The van der Waals surface area contributed by atoms with E-state index in [-0.39, 0.29) is 0 Å². The van der Waals surface area contributed by atoms with Crippen molar-refractivity contribution >= 4 is 63.8 Å². The van der Waals surface area contributed by atoms with Crippen LogP contribution in [0.4, 0.5) is 0 Å². The molecule has 0 atom stereocenters. The van der Waals surface area contributed by atoms with Crippen LogP contribution in [0.25, 0.3) is 97.8 Å². The second kappa shape index (κ2) is 11.2. The maximum Gasteiger partial charge on any atom is 0.164 e. The van der Waals surface area contributed by atoms with Gasteiger partial charge in [0.2, 0.25) is 0 Å². The van der Waals surface area contributed by atoms with Crippen molar-refractivity contribution in [3.63, 3.8) is 0 Å². The zero-order chi connectivity index (χ0) is 32.3. The average molecular weight is 642 g/mol. The van der Waals surface area contributed by atoms with Gasteiger partial charge < -0.3 is 0 Å². The lowest BCUT2D eigenvalue weighted by Crippen LogP contribution is -2.00. The number of hydrogen-bond acceptors (Lipinski definition) is 4. The number of hydrogen-bond donors (Lipinski definition) is 0.